The van der Waals surface area contributed by atoms with Crippen molar-refractivity contribution < 1.29 is 9.31 Å². The molecule has 1 N–H and O–H groups in total. The van der Waals surface area contributed by atoms with Crippen molar-refractivity contribution in [1.82, 2.24) is 9.78 Å². The zero-order valence-corrected chi connectivity index (χ0v) is 10.6. The maximum atomic E-state index is 13.2. The summed E-state index contributed by atoms with van der Waals surface area (Å²) in [5.74, 6) is -0.840. The zero-order valence-electron chi connectivity index (χ0n) is 10.6. The van der Waals surface area contributed by atoms with E-state index >= 15 is 0 Å². The molecule has 2 aromatic rings. The highest BCUT2D eigenvalue weighted by molar-refractivity contribution is 5.52. The van der Waals surface area contributed by atoms with Gasteiger partial charge in [-0.1, -0.05) is 0 Å². The number of aryl methyl sites for hydroxylation is 2. The minimum absolute atomic E-state index is 0.475. The fraction of sp³-hybridized carbons (Fsp3) is 0.250. The lowest BCUT2D eigenvalue weighted by Gasteiger charge is -2.05. The lowest BCUT2D eigenvalue weighted by molar-refractivity contribution is -0.387. The molecular weight excluding hydrogens is 251 g/mol. The van der Waals surface area contributed by atoms with Crippen LogP contribution in [-0.2, 0) is 13.6 Å². The summed E-state index contributed by atoms with van der Waals surface area (Å²) < 4.78 is 14.9. The molecule has 0 bridgehead atoms. The van der Waals surface area contributed by atoms with Gasteiger partial charge in [0, 0.05) is 37.1 Å². The molecule has 1 aromatic carbocycles. The molecule has 2 rings (SSSR count). The van der Waals surface area contributed by atoms with Gasteiger partial charge in [0.2, 0.25) is 5.82 Å². The summed E-state index contributed by atoms with van der Waals surface area (Å²) >= 11 is 0. The van der Waals surface area contributed by atoms with E-state index < -0.39 is 16.4 Å². The Morgan fingerprint density at radius 3 is 2.84 bits per heavy atom. The van der Waals surface area contributed by atoms with Crippen LogP contribution >= 0.6 is 0 Å². The highest BCUT2D eigenvalue weighted by Crippen LogP contribution is 2.22. The van der Waals surface area contributed by atoms with Gasteiger partial charge in [0.05, 0.1) is 10.6 Å². The fourth-order valence-corrected chi connectivity index (χ4v) is 1.78. The van der Waals surface area contributed by atoms with E-state index in [0.717, 1.165) is 17.3 Å². The van der Waals surface area contributed by atoms with Crippen molar-refractivity contribution in [2.75, 3.05) is 5.32 Å². The smallest absolute Gasteiger partial charge is 0.306 e. The monoisotopic (exact) mass is 264 g/mol. The van der Waals surface area contributed by atoms with Crippen molar-refractivity contribution in [3.05, 3.63) is 51.6 Å². The van der Waals surface area contributed by atoms with E-state index in [4.69, 9.17) is 0 Å². The molecule has 0 fully saturated rings. The number of rotatable bonds is 4. The standard InChI is InChI=1S/C12H13FN4O2/c1-8-9(7-16(2)15-8)6-14-10-3-4-11(13)12(5-10)17(18)19/h3-5,7,14H,6H2,1-2H3. The minimum Gasteiger partial charge on any atom is -0.381 e. The first kappa shape index (κ1) is 13.0. The van der Waals surface area contributed by atoms with Crippen LogP contribution in [0.2, 0.25) is 0 Å². The summed E-state index contributed by atoms with van der Waals surface area (Å²) in [6.45, 7) is 2.35. The van der Waals surface area contributed by atoms with Crippen LogP contribution in [-0.4, -0.2) is 14.7 Å². The number of nitrogens with zero attached hydrogens (tertiary/aromatic N) is 3. The summed E-state index contributed by atoms with van der Waals surface area (Å²) in [7, 11) is 1.82. The zero-order chi connectivity index (χ0) is 14.0. The predicted octanol–water partition coefficient (Wildman–Crippen LogP) is 2.39. The second-order valence-electron chi connectivity index (χ2n) is 4.19. The highest BCUT2D eigenvalue weighted by atomic mass is 19.1. The Morgan fingerprint density at radius 1 is 1.53 bits per heavy atom. The fourth-order valence-electron chi connectivity index (χ4n) is 1.78. The van der Waals surface area contributed by atoms with Gasteiger partial charge in [-0.2, -0.15) is 9.49 Å². The first-order valence-electron chi connectivity index (χ1n) is 5.64. The number of hydrogen-bond acceptors (Lipinski definition) is 4. The van der Waals surface area contributed by atoms with Gasteiger partial charge in [0.1, 0.15) is 0 Å². The molecule has 0 saturated carbocycles. The van der Waals surface area contributed by atoms with Crippen molar-refractivity contribution >= 4 is 11.4 Å². The summed E-state index contributed by atoms with van der Waals surface area (Å²) in [5, 5.41) is 17.8. The molecule has 19 heavy (non-hydrogen) atoms. The number of halogens is 1. The quantitative estimate of drug-likeness (QED) is 0.679. The molecular formula is C12H13FN4O2. The van der Waals surface area contributed by atoms with Crippen molar-refractivity contribution in [2.24, 2.45) is 7.05 Å². The van der Waals surface area contributed by atoms with Crippen LogP contribution in [0.5, 0.6) is 0 Å². The van der Waals surface area contributed by atoms with Gasteiger partial charge in [-0.25, -0.2) is 0 Å². The topological polar surface area (TPSA) is 73.0 Å². The Bertz CT molecular complexity index is 624. The van der Waals surface area contributed by atoms with E-state index in [1.165, 1.54) is 12.1 Å². The van der Waals surface area contributed by atoms with Crippen molar-refractivity contribution in [1.29, 1.82) is 0 Å². The molecule has 0 radical (unpaired) electrons. The molecule has 6 nitrogen and oxygen atoms in total. The molecule has 7 heteroatoms. The van der Waals surface area contributed by atoms with Crippen LogP contribution in [0.4, 0.5) is 15.8 Å². The van der Waals surface area contributed by atoms with Gasteiger partial charge in [-0.05, 0) is 19.1 Å². The third kappa shape index (κ3) is 2.87. The maximum Gasteiger partial charge on any atom is 0.306 e. The first-order valence-corrected chi connectivity index (χ1v) is 5.64. The highest BCUT2D eigenvalue weighted by Gasteiger charge is 2.14. The normalized spacial score (nSPS) is 10.5. The Hall–Kier alpha value is -2.44. The number of anilines is 1. The molecule has 0 unspecified atom stereocenters. The second kappa shape index (κ2) is 5.05. The van der Waals surface area contributed by atoms with E-state index in [9.17, 15) is 14.5 Å². The third-order valence-electron chi connectivity index (χ3n) is 2.74. The van der Waals surface area contributed by atoms with Crippen LogP contribution in [0.25, 0.3) is 0 Å². The van der Waals surface area contributed by atoms with E-state index in [1.54, 1.807) is 4.68 Å². The Morgan fingerprint density at radius 2 is 2.26 bits per heavy atom. The van der Waals surface area contributed by atoms with Gasteiger partial charge in [0.15, 0.2) is 0 Å². The Kier molecular flexibility index (Phi) is 3.46. The lowest BCUT2D eigenvalue weighted by Crippen LogP contribution is -2.01. The average Bonchev–Trinajstić information content (AvgIpc) is 2.66. The maximum absolute atomic E-state index is 13.2. The number of nitrogens with one attached hydrogen (secondary N) is 1. The van der Waals surface area contributed by atoms with Crippen LogP contribution in [0.3, 0.4) is 0 Å². The number of nitro groups is 1. The van der Waals surface area contributed by atoms with Gasteiger partial charge in [-0.3, -0.25) is 14.8 Å². The van der Waals surface area contributed by atoms with Crippen LogP contribution in [0.1, 0.15) is 11.3 Å². The predicted molar refractivity (Wildman–Crippen MR) is 68.3 cm³/mol. The van der Waals surface area contributed by atoms with Crippen molar-refractivity contribution in [2.45, 2.75) is 13.5 Å². The average molecular weight is 264 g/mol. The summed E-state index contributed by atoms with van der Waals surface area (Å²) in [6, 6.07) is 3.73. The molecule has 0 aliphatic rings. The van der Waals surface area contributed by atoms with Gasteiger partial charge >= 0.3 is 5.69 Å². The van der Waals surface area contributed by atoms with Gasteiger partial charge in [0.25, 0.3) is 0 Å². The molecule has 0 aliphatic heterocycles. The summed E-state index contributed by atoms with van der Waals surface area (Å²) in [4.78, 5) is 9.89. The molecule has 0 aliphatic carbocycles. The largest absolute Gasteiger partial charge is 0.381 e. The van der Waals surface area contributed by atoms with E-state index in [-0.39, 0.29) is 0 Å². The van der Waals surface area contributed by atoms with Crippen LogP contribution in [0, 0.1) is 22.9 Å². The van der Waals surface area contributed by atoms with E-state index in [1.807, 2.05) is 20.2 Å². The number of aromatic nitrogens is 2. The van der Waals surface area contributed by atoms with E-state index in [0.29, 0.717) is 12.2 Å². The summed E-state index contributed by atoms with van der Waals surface area (Å²) in [6.07, 6.45) is 1.86. The lowest BCUT2D eigenvalue weighted by atomic mass is 10.2. The van der Waals surface area contributed by atoms with Gasteiger partial charge in [-0.15, -0.1) is 0 Å². The third-order valence-corrected chi connectivity index (χ3v) is 2.74. The Balaban J connectivity index is 2.14. The van der Waals surface area contributed by atoms with Gasteiger partial charge < -0.3 is 5.32 Å². The molecule has 0 spiro atoms. The van der Waals surface area contributed by atoms with Crippen LogP contribution in [0.15, 0.2) is 24.4 Å². The summed E-state index contributed by atoms with van der Waals surface area (Å²) in [5.41, 5.74) is 1.82. The van der Waals surface area contributed by atoms with Crippen molar-refractivity contribution in [3.8, 4) is 0 Å². The van der Waals surface area contributed by atoms with E-state index in [2.05, 4.69) is 10.4 Å². The molecule has 0 atom stereocenters. The number of benzene rings is 1. The number of nitro benzene ring substituents is 1. The number of hydrogen-bond donors (Lipinski definition) is 1. The first-order chi connectivity index (χ1) is 8.97. The SMILES string of the molecule is Cc1nn(C)cc1CNc1ccc(F)c([N+](=O)[O-])c1. The molecule has 1 heterocycles. The molecule has 100 valence electrons. The van der Waals surface area contributed by atoms with Crippen molar-refractivity contribution in [3.63, 3.8) is 0 Å². The molecule has 0 saturated heterocycles. The second-order valence-corrected chi connectivity index (χ2v) is 4.19. The minimum atomic E-state index is -0.840. The molecule has 1 aromatic heterocycles. The van der Waals surface area contributed by atoms with Crippen LogP contribution < -0.4 is 5.32 Å². The Labute approximate surface area is 109 Å². The molecule has 0 amide bonds.